The third-order valence-electron chi connectivity index (χ3n) is 6.45. The Bertz CT molecular complexity index is 1470. The Morgan fingerprint density at radius 1 is 0.976 bits per heavy atom. The Hall–Kier alpha value is -2.79. The molecule has 0 saturated heterocycles. The molecule has 0 aliphatic rings. The molecule has 0 spiro atoms. The summed E-state index contributed by atoms with van der Waals surface area (Å²) in [7, 11) is -4.19. The van der Waals surface area contributed by atoms with Crippen LogP contribution in [0.1, 0.15) is 39.2 Å². The summed E-state index contributed by atoms with van der Waals surface area (Å²) in [6, 6.07) is 16.6. The summed E-state index contributed by atoms with van der Waals surface area (Å²) in [4.78, 5) is 28.4. The minimum absolute atomic E-state index is 0.00748. The van der Waals surface area contributed by atoms with Crippen LogP contribution in [0.5, 0.6) is 5.75 Å². The van der Waals surface area contributed by atoms with E-state index >= 15 is 0 Å². The summed E-state index contributed by atoms with van der Waals surface area (Å²) in [5, 5.41) is 3.51. The van der Waals surface area contributed by atoms with Crippen molar-refractivity contribution in [3.05, 3.63) is 86.8 Å². The molecular weight excluding hydrogens is 665 g/mol. The molecule has 8 nitrogen and oxygen atoms in total. The summed E-state index contributed by atoms with van der Waals surface area (Å²) in [6.07, 6.45) is 1.68. The molecule has 3 aromatic rings. The third-order valence-corrected chi connectivity index (χ3v) is 9.51. The number of hydrogen-bond acceptors (Lipinski definition) is 5. The number of sulfonamides is 1. The van der Waals surface area contributed by atoms with Crippen LogP contribution in [0, 0.1) is 0 Å². The smallest absolute Gasteiger partial charge is 0.264 e. The van der Waals surface area contributed by atoms with Gasteiger partial charge in [-0.15, -0.1) is 0 Å². The number of rotatable bonds is 14. The second-order valence-electron chi connectivity index (χ2n) is 9.48. The second kappa shape index (κ2) is 15.6. The van der Waals surface area contributed by atoms with Crippen LogP contribution in [0.3, 0.4) is 0 Å². The molecule has 2 amide bonds. The highest BCUT2D eigenvalue weighted by Gasteiger charge is 2.32. The van der Waals surface area contributed by atoms with Gasteiger partial charge in [0, 0.05) is 17.6 Å². The maximum absolute atomic E-state index is 14.0. The van der Waals surface area contributed by atoms with E-state index in [0.29, 0.717) is 39.0 Å². The molecule has 3 aromatic carbocycles. The van der Waals surface area contributed by atoms with Crippen molar-refractivity contribution < 1.29 is 22.7 Å². The van der Waals surface area contributed by atoms with Crippen LogP contribution < -0.4 is 14.4 Å². The Labute approximate surface area is 266 Å². The molecule has 42 heavy (non-hydrogen) atoms. The number of anilines is 1. The maximum Gasteiger partial charge on any atom is 0.264 e. The number of amides is 2. The highest BCUT2D eigenvalue weighted by atomic mass is 79.9. The molecule has 0 bridgehead atoms. The molecule has 0 aromatic heterocycles. The van der Waals surface area contributed by atoms with Gasteiger partial charge in [0.2, 0.25) is 11.8 Å². The minimum atomic E-state index is -4.19. The molecule has 0 heterocycles. The van der Waals surface area contributed by atoms with Gasteiger partial charge in [0.25, 0.3) is 10.0 Å². The van der Waals surface area contributed by atoms with Crippen LogP contribution in [0.15, 0.2) is 76.1 Å². The number of halogens is 3. The highest BCUT2D eigenvalue weighted by molar-refractivity contribution is 9.10. The van der Waals surface area contributed by atoms with Gasteiger partial charge in [-0.1, -0.05) is 58.5 Å². The van der Waals surface area contributed by atoms with Crippen LogP contribution in [0.4, 0.5) is 5.69 Å². The van der Waals surface area contributed by atoms with Crippen LogP contribution in [0.25, 0.3) is 0 Å². The van der Waals surface area contributed by atoms with Crippen molar-refractivity contribution in [2.24, 2.45) is 0 Å². The summed E-state index contributed by atoms with van der Waals surface area (Å²) < 4.78 is 35.1. The lowest BCUT2D eigenvalue weighted by Crippen LogP contribution is -2.51. The van der Waals surface area contributed by atoms with E-state index in [0.717, 1.165) is 17.1 Å². The molecule has 12 heteroatoms. The van der Waals surface area contributed by atoms with Crippen LogP contribution in [0.2, 0.25) is 10.0 Å². The lowest BCUT2D eigenvalue weighted by Gasteiger charge is -2.32. The molecule has 1 N–H and O–H groups in total. The van der Waals surface area contributed by atoms with E-state index in [4.69, 9.17) is 27.9 Å². The average molecular weight is 699 g/mol. The summed E-state index contributed by atoms with van der Waals surface area (Å²) >= 11 is 15.6. The molecule has 0 aliphatic heterocycles. The van der Waals surface area contributed by atoms with Crippen molar-refractivity contribution in [1.29, 1.82) is 0 Å². The molecule has 0 unspecified atom stereocenters. The normalized spacial score (nSPS) is 12.0. The van der Waals surface area contributed by atoms with Gasteiger partial charge >= 0.3 is 0 Å². The molecule has 0 radical (unpaired) electrons. The topological polar surface area (TPSA) is 96.0 Å². The van der Waals surface area contributed by atoms with E-state index in [1.165, 1.54) is 17.0 Å². The van der Waals surface area contributed by atoms with Gasteiger partial charge in [0.1, 0.15) is 18.3 Å². The monoisotopic (exact) mass is 697 g/mol. The zero-order valence-electron chi connectivity index (χ0n) is 23.6. The van der Waals surface area contributed by atoms with Gasteiger partial charge in [-0.2, -0.15) is 0 Å². The summed E-state index contributed by atoms with van der Waals surface area (Å²) in [6.45, 7) is 5.83. The molecular formula is C30H34BrCl2N3O5S. The van der Waals surface area contributed by atoms with Crippen LogP contribution in [-0.4, -0.2) is 50.9 Å². The zero-order chi connectivity index (χ0) is 30.9. The quantitative estimate of drug-likeness (QED) is 0.190. The van der Waals surface area contributed by atoms with Crippen molar-refractivity contribution in [1.82, 2.24) is 10.2 Å². The Kier molecular flexibility index (Phi) is 12.5. The minimum Gasteiger partial charge on any atom is -0.494 e. The van der Waals surface area contributed by atoms with E-state index < -0.39 is 28.5 Å². The molecule has 3 rings (SSSR count). The van der Waals surface area contributed by atoms with Gasteiger partial charge in [0.05, 0.1) is 27.2 Å². The number of hydrogen-bond donors (Lipinski definition) is 1. The Morgan fingerprint density at radius 2 is 1.64 bits per heavy atom. The van der Waals surface area contributed by atoms with Crippen molar-refractivity contribution in [2.45, 2.75) is 51.1 Å². The fourth-order valence-corrected chi connectivity index (χ4v) is 6.09. The van der Waals surface area contributed by atoms with Crippen LogP contribution in [-0.2, 0) is 26.2 Å². The summed E-state index contributed by atoms with van der Waals surface area (Å²) in [5.74, 6) is -0.360. The SMILES string of the molecule is CCCCNC(=O)[C@@H](C)N(Cc1ccc(Cl)c(Cl)c1)C(=O)CN(c1ccc(OCC)cc1)S(=O)(=O)c1ccc(Br)cc1. The van der Waals surface area contributed by atoms with Gasteiger partial charge in [-0.3, -0.25) is 13.9 Å². The number of carbonyl (C=O) groups is 2. The van der Waals surface area contributed by atoms with Crippen molar-refractivity contribution >= 4 is 66.7 Å². The molecule has 1 atom stereocenters. The second-order valence-corrected chi connectivity index (χ2v) is 13.1. The largest absolute Gasteiger partial charge is 0.494 e. The fourth-order valence-electron chi connectivity index (χ4n) is 4.09. The highest BCUT2D eigenvalue weighted by Crippen LogP contribution is 2.28. The first-order chi connectivity index (χ1) is 20.0. The van der Waals surface area contributed by atoms with Gasteiger partial charge < -0.3 is 15.0 Å². The lowest BCUT2D eigenvalue weighted by atomic mass is 10.1. The van der Waals surface area contributed by atoms with Gasteiger partial charge in [-0.25, -0.2) is 8.42 Å². The van der Waals surface area contributed by atoms with Gasteiger partial charge in [0.15, 0.2) is 0 Å². The Balaban J connectivity index is 2.02. The molecule has 226 valence electrons. The predicted octanol–water partition coefficient (Wildman–Crippen LogP) is 6.68. The standard InChI is InChI=1S/C30H34BrCl2N3O5S/c1-4-6-17-34-30(38)21(3)35(19-22-7-16-27(32)28(33)18-22)29(37)20-36(24-10-12-25(13-11-24)41-5-2)42(39,40)26-14-8-23(31)9-15-26/h7-16,18,21H,4-6,17,19-20H2,1-3H3,(H,34,38)/t21-/m1/s1. The number of nitrogens with one attached hydrogen (secondary N) is 1. The molecule has 0 aliphatic carbocycles. The molecule has 0 saturated carbocycles. The van der Waals surface area contributed by atoms with Crippen molar-refractivity contribution in [2.75, 3.05) is 24.0 Å². The first-order valence-electron chi connectivity index (χ1n) is 13.5. The van der Waals surface area contributed by atoms with E-state index in [1.54, 1.807) is 61.5 Å². The first-order valence-corrected chi connectivity index (χ1v) is 16.5. The average Bonchev–Trinajstić information content (AvgIpc) is 2.97. The fraction of sp³-hybridized carbons (Fsp3) is 0.333. The van der Waals surface area contributed by atoms with E-state index in [-0.39, 0.29) is 23.0 Å². The number of carbonyl (C=O) groups excluding carboxylic acids is 2. The predicted molar refractivity (Wildman–Crippen MR) is 171 cm³/mol. The maximum atomic E-state index is 14.0. The first kappa shape index (κ1) is 33.7. The van der Waals surface area contributed by atoms with Crippen molar-refractivity contribution in [3.63, 3.8) is 0 Å². The number of unbranched alkanes of at least 4 members (excludes halogenated alkanes) is 1. The number of ether oxygens (including phenoxy) is 1. The summed E-state index contributed by atoms with van der Waals surface area (Å²) in [5.41, 5.74) is 0.901. The Morgan fingerprint density at radius 3 is 2.24 bits per heavy atom. The zero-order valence-corrected chi connectivity index (χ0v) is 27.6. The third kappa shape index (κ3) is 8.86. The van der Waals surface area contributed by atoms with Crippen LogP contribution >= 0.6 is 39.1 Å². The number of nitrogens with zero attached hydrogens (tertiary/aromatic N) is 2. The molecule has 0 fully saturated rings. The van der Waals surface area contributed by atoms with E-state index in [1.807, 2.05) is 13.8 Å². The van der Waals surface area contributed by atoms with E-state index in [9.17, 15) is 18.0 Å². The number of benzene rings is 3. The van der Waals surface area contributed by atoms with Gasteiger partial charge in [-0.05, 0) is 86.5 Å². The van der Waals surface area contributed by atoms with Crippen molar-refractivity contribution in [3.8, 4) is 5.75 Å². The lowest BCUT2D eigenvalue weighted by molar-refractivity contribution is -0.139. The van der Waals surface area contributed by atoms with E-state index in [2.05, 4.69) is 21.2 Å².